The number of nitrogens with two attached hydrogens (primary N) is 1. The molecule has 1 aromatic carbocycles. The molecule has 0 heterocycles. The van der Waals surface area contributed by atoms with E-state index >= 15 is 0 Å². The summed E-state index contributed by atoms with van der Waals surface area (Å²) < 4.78 is 0. The van der Waals surface area contributed by atoms with Gasteiger partial charge in [0.1, 0.15) is 0 Å². The number of aryl methyl sites for hydroxylation is 1. The molecule has 3 nitrogen and oxygen atoms in total. The second-order valence-electron chi connectivity index (χ2n) is 5.55. The Bertz CT molecular complexity index is 550. The molecule has 1 amide bonds. The predicted molar refractivity (Wildman–Crippen MR) is 81.4 cm³/mol. The number of nitrogens with one attached hydrogen (secondary N) is 1. The highest BCUT2D eigenvalue weighted by atomic mass is 16.1. The molecule has 0 aromatic heterocycles. The number of carbonyl (C=O) groups is 1. The second kappa shape index (κ2) is 6.58. The van der Waals surface area contributed by atoms with E-state index in [0.717, 1.165) is 11.1 Å². The van der Waals surface area contributed by atoms with Gasteiger partial charge < -0.3 is 11.1 Å². The maximum atomic E-state index is 12.3. The zero-order chi connectivity index (χ0) is 14.5. The minimum Gasteiger partial charge on any atom is -0.349 e. The molecule has 1 aliphatic rings. The van der Waals surface area contributed by atoms with Crippen LogP contribution in [0.15, 0.2) is 18.2 Å². The zero-order valence-electron chi connectivity index (χ0n) is 12.2. The van der Waals surface area contributed by atoms with Gasteiger partial charge in [-0.3, -0.25) is 4.79 Å². The highest BCUT2D eigenvalue weighted by molar-refractivity contribution is 5.95. The Morgan fingerprint density at radius 3 is 2.80 bits per heavy atom. The van der Waals surface area contributed by atoms with Crippen LogP contribution in [0.2, 0.25) is 0 Å². The highest BCUT2D eigenvalue weighted by Crippen LogP contribution is 2.29. The Morgan fingerprint density at radius 1 is 1.45 bits per heavy atom. The SMILES string of the molecule is Cc1cc(C#CCN)cc(C(=O)NC(C)C2CCC2)c1. The van der Waals surface area contributed by atoms with Gasteiger partial charge in [-0.2, -0.15) is 0 Å². The van der Waals surface area contributed by atoms with E-state index in [4.69, 9.17) is 5.73 Å². The fraction of sp³-hybridized carbons (Fsp3) is 0.471. The Labute approximate surface area is 120 Å². The summed E-state index contributed by atoms with van der Waals surface area (Å²) in [6.07, 6.45) is 3.74. The van der Waals surface area contributed by atoms with Crippen molar-refractivity contribution < 1.29 is 4.79 Å². The van der Waals surface area contributed by atoms with Crippen LogP contribution in [0.25, 0.3) is 0 Å². The first-order valence-corrected chi connectivity index (χ1v) is 7.21. The Hall–Kier alpha value is -1.79. The summed E-state index contributed by atoms with van der Waals surface area (Å²) in [5, 5.41) is 3.10. The number of benzene rings is 1. The molecule has 3 heteroatoms. The first-order chi connectivity index (χ1) is 9.60. The van der Waals surface area contributed by atoms with Crippen LogP contribution in [0.5, 0.6) is 0 Å². The number of hydrogen-bond acceptors (Lipinski definition) is 2. The van der Waals surface area contributed by atoms with E-state index in [-0.39, 0.29) is 11.9 Å². The van der Waals surface area contributed by atoms with Crippen molar-refractivity contribution in [2.75, 3.05) is 6.54 Å². The van der Waals surface area contributed by atoms with Crippen LogP contribution in [-0.4, -0.2) is 18.5 Å². The molecule has 1 atom stereocenters. The van der Waals surface area contributed by atoms with E-state index in [1.165, 1.54) is 19.3 Å². The number of carbonyl (C=O) groups excluding carboxylic acids is 1. The maximum absolute atomic E-state index is 12.3. The summed E-state index contributed by atoms with van der Waals surface area (Å²) in [4.78, 5) is 12.3. The summed E-state index contributed by atoms with van der Waals surface area (Å²) >= 11 is 0. The molecule has 0 spiro atoms. The summed E-state index contributed by atoms with van der Waals surface area (Å²) in [7, 11) is 0. The third-order valence-electron chi connectivity index (χ3n) is 3.89. The normalized spacial score (nSPS) is 15.8. The first-order valence-electron chi connectivity index (χ1n) is 7.21. The minimum atomic E-state index is -0.0103. The molecule has 1 aromatic rings. The van der Waals surface area contributed by atoms with Crippen LogP contribution in [-0.2, 0) is 0 Å². The molecule has 0 saturated heterocycles. The predicted octanol–water partition coefficient (Wildman–Crippen LogP) is 2.22. The lowest BCUT2D eigenvalue weighted by molar-refractivity contribution is 0.0909. The average molecular weight is 270 g/mol. The summed E-state index contributed by atoms with van der Waals surface area (Å²) in [6.45, 7) is 4.39. The monoisotopic (exact) mass is 270 g/mol. The molecule has 0 bridgehead atoms. The van der Waals surface area contributed by atoms with Gasteiger partial charge in [-0.05, 0) is 56.4 Å². The second-order valence-corrected chi connectivity index (χ2v) is 5.55. The first kappa shape index (κ1) is 14.6. The topological polar surface area (TPSA) is 55.1 Å². The van der Waals surface area contributed by atoms with Gasteiger partial charge in [0.25, 0.3) is 5.91 Å². The lowest BCUT2D eigenvalue weighted by Crippen LogP contribution is -2.40. The molecule has 1 unspecified atom stereocenters. The smallest absolute Gasteiger partial charge is 0.251 e. The van der Waals surface area contributed by atoms with E-state index in [0.29, 0.717) is 18.0 Å². The summed E-state index contributed by atoms with van der Waals surface area (Å²) in [5.41, 5.74) is 7.94. The Kier molecular flexibility index (Phi) is 4.81. The van der Waals surface area contributed by atoms with E-state index in [9.17, 15) is 4.79 Å². The molecule has 1 aliphatic carbocycles. The molecule has 2 rings (SSSR count). The molecule has 0 radical (unpaired) electrons. The van der Waals surface area contributed by atoms with Crippen LogP contribution in [0, 0.1) is 24.7 Å². The van der Waals surface area contributed by atoms with Crippen molar-refractivity contribution >= 4 is 5.91 Å². The fourth-order valence-corrected chi connectivity index (χ4v) is 2.49. The van der Waals surface area contributed by atoms with Crippen molar-refractivity contribution in [2.24, 2.45) is 11.7 Å². The molecule has 3 N–H and O–H groups in total. The van der Waals surface area contributed by atoms with Crippen molar-refractivity contribution in [3.8, 4) is 11.8 Å². The van der Waals surface area contributed by atoms with Crippen LogP contribution in [0.1, 0.15) is 47.7 Å². The third-order valence-corrected chi connectivity index (χ3v) is 3.89. The molecule has 106 valence electrons. The minimum absolute atomic E-state index is 0.0103. The standard InChI is InChI=1S/C17H22N2O/c1-12-9-14(5-4-8-18)11-16(10-12)17(20)19-13(2)15-6-3-7-15/h9-11,13,15H,3,6-8,18H2,1-2H3,(H,19,20). The zero-order valence-corrected chi connectivity index (χ0v) is 12.2. The van der Waals surface area contributed by atoms with Crippen molar-refractivity contribution in [3.05, 3.63) is 34.9 Å². The van der Waals surface area contributed by atoms with Crippen molar-refractivity contribution in [3.63, 3.8) is 0 Å². The van der Waals surface area contributed by atoms with Crippen molar-refractivity contribution in [1.29, 1.82) is 0 Å². The molecular formula is C17H22N2O. The number of amides is 1. The van der Waals surface area contributed by atoms with Gasteiger partial charge in [0.15, 0.2) is 0 Å². The van der Waals surface area contributed by atoms with Crippen LogP contribution < -0.4 is 11.1 Å². The van der Waals surface area contributed by atoms with Crippen molar-refractivity contribution in [2.45, 2.75) is 39.2 Å². The molecular weight excluding hydrogens is 248 g/mol. The van der Waals surface area contributed by atoms with E-state index in [2.05, 4.69) is 24.1 Å². The van der Waals surface area contributed by atoms with E-state index in [1.54, 1.807) is 0 Å². The number of rotatable bonds is 3. The van der Waals surface area contributed by atoms with Gasteiger partial charge in [-0.15, -0.1) is 0 Å². The molecule has 0 aliphatic heterocycles. The summed E-state index contributed by atoms with van der Waals surface area (Å²) in [6, 6.07) is 5.94. The number of hydrogen-bond donors (Lipinski definition) is 2. The van der Waals surface area contributed by atoms with Crippen molar-refractivity contribution in [1.82, 2.24) is 5.32 Å². The van der Waals surface area contributed by atoms with Crippen LogP contribution in [0.3, 0.4) is 0 Å². The third kappa shape index (κ3) is 3.61. The van der Waals surface area contributed by atoms with Gasteiger partial charge in [-0.1, -0.05) is 18.3 Å². The van der Waals surface area contributed by atoms with Gasteiger partial charge >= 0.3 is 0 Å². The fourth-order valence-electron chi connectivity index (χ4n) is 2.49. The van der Waals surface area contributed by atoms with Crippen LogP contribution >= 0.6 is 0 Å². The van der Waals surface area contributed by atoms with Crippen LogP contribution in [0.4, 0.5) is 0 Å². The molecule has 1 fully saturated rings. The van der Waals surface area contributed by atoms with Gasteiger partial charge in [0.2, 0.25) is 0 Å². The maximum Gasteiger partial charge on any atom is 0.251 e. The quantitative estimate of drug-likeness (QED) is 0.828. The van der Waals surface area contributed by atoms with Gasteiger partial charge in [0.05, 0.1) is 6.54 Å². The highest BCUT2D eigenvalue weighted by Gasteiger charge is 2.25. The van der Waals surface area contributed by atoms with Gasteiger partial charge in [-0.25, -0.2) is 0 Å². The Balaban J connectivity index is 2.10. The van der Waals surface area contributed by atoms with E-state index in [1.807, 2.05) is 25.1 Å². The largest absolute Gasteiger partial charge is 0.349 e. The average Bonchev–Trinajstić information content (AvgIpc) is 2.33. The summed E-state index contributed by atoms with van der Waals surface area (Å²) in [5.74, 6) is 6.43. The lowest BCUT2D eigenvalue weighted by Gasteiger charge is -2.31. The van der Waals surface area contributed by atoms with E-state index < -0.39 is 0 Å². The molecule has 1 saturated carbocycles. The molecule has 20 heavy (non-hydrogen) atoms. The Morgan fingerprint density at radius 2 is 2.20 bits per heavy atom. The van der Waals surface area contributed by atoms with Gasteiger partial charge in [0, 0.05) is 17.2 Å². The lowest BCUT2D eigenvalue weighted by atomic mass is 9.80.